The zero-order valence-corrected chi connectivity index (χ0v) is 15.6. The maximum absolute atomic E-state index is 13.9. The summed E-state index contributed by atoms with van der Waals surface area (Å²) in [6.45, 7) is 3.71. The molecule has 2 aromatic heterocycles. The Morgan fingerprint density at radius 2 is 2.33 bits per heavy atom. The summed E-state index contributed by atoms with van der Waals surface area (Å²) in [5, 5.41) is 4.94. The molecule has 1 fully saturated rings. The molecule has 24 heavy (non-hydrogen) atoms. The number of rotatable bonds is 6. The Bertz CT molecular complexity index is 673. The van der Waals surface area contributed by atoms with Crippen LogP contribution in [0.3, 0.4) is 0 Å². The first-order valence-electron chi connectivity index (χ1n) is 8.06. The van der Waals surface area contributed by atoms with Crippen molar-refractivity contribution in [2.45, 2.75) is 38.5 Å². The van der Waals surface area contributed by atoms with Gasteiger partial charge in [-0.3, -0.25) is 9.69 Å². The van der Waals surface area contributed by atoms with E-state index in [2.05, 4.69) is 16.0 Å². The molecule has 0 bridgehead atoms. The van der Waals surface area contributed by atoms with Crippen LogP contribution < -0.4 is 0 Å². The number of nitrogens with zero attached hydrogens (tertiary/aromatic N) is 3. The van der Waals surface area contributed by atoms with Gasteiger partial charge in [-0.2, -0.15) is 0 Å². The smallest absolute Gasteiger partial charge is 0.228 e. The number of alkyl halides is 1. The number of thiazole rings is 1. The third-order valence-corrected chi connectivity index (χ3v) is 6.01. The van der Waals surface area contributed by atoms with Crippen LogP contribution in [0.1, 0.15) is 22.0 Å². The lowest BCUT2D eigenvalue weighted by molar-refractivity contribution is -0.129. The van der Waals surface area contributed by atoms with Gasteiger partial charge >= 0.3 is 0 Å². The Hall–Kier alpha value is -1.31. The topological polar surface area (TPSA) is 36.4 Å². The molecule has 2 atom stereocenters. The molecule has 0 N–H and O–H groups in total. The Labute approximate surface area is 149 Å². The number of halogens is 1. The van der Waals surface area contributed by atoms with Gasteiger partial charge < -0.3 is 4.90 Å². The minimum Gasteiger partial charge on any atom is -0.344 e. The minimum absolute atomic E-state index is 0.0404. The molecule has 0 radical (unpaired) electrons. The van der Waals surface area contributed by atoms with Gasteiger partial charge in [-0.1, -0.05) is 6.07 Å². The van der Waals surface area contributed by atoms with E-state index in [1.165, 1.54) is 4.88 Å². The molecule has 1 amide bonds. The highest BCUT2D eigenvalue weighted by Gasteiger charge is 2.33. The SMILES string of the molecule is Cc1nc(CC(=O)N(C)C[C@@H]2C[C@H](F)CN2Cc2cccs2)cs1. The molecular formula is C17H22FN3OS2. The maximum atomic E-state index is 13.9. The van der Waals surface area contributed by atoms with E-state index in [0.29, 0.717) is 25.9 Å². The zero-order valence-electron chi connectivity index (χ0n) is 13.9. The predicted octanol–water partition coefficient (Wildman–Crippen LogP) is 3.13. The average molecular weight is 368 g/mol. The van der Waals surface area contributed by atoms with Gasteiger partial charge in [-0.25, -0.2) is 9.37 Å². The van der Waals surface area contributed by atoms with Crippen molar-refractivity contribution in [2.24, 2.45) is 0 Å². The molecule has 130 valence electrons. The number of carbonyl (C=O) groups is 1. The Morgan fingerprint density at radius 3 is 3.00 bits per heavy atom. The molecule has 0 unspecified atom stereocenters. The van der Waals surface area contributed by atoms with Gasteiger partial charge in [0.15, 0.2) is 0 Å². The lowest BCUT2D eigenvalue weighted by Gasteiger charge is -2.28. The van der Waals surface area contributed by atoms with Crippen molar-refractivity contribution < 1.29 is 9.18 Å². The van der Waals surface area contributed by atoms with Gasteiger partial charge in [0.2, 0.25) is 5.91 Å². The van der Waals surface area contributed by atoms with E-state index in [4.69, 9.17) is 0 Å². The summed E-state index contributed by atoms with van der Waals surface area (Å²) in [7, 11) is 1.80. The molecule has 1 aliphatic heterocycles. The van der Waals surface area contributed by atoms with Crippen molar-refractivity contribution in [1.82, 2.24) is 14.8 Å². The number of aromatic nitrogens is 1. The summed E-state index contributed by atoms with van der Waals surface area (Å²) in [4.78, 5) is 21.9. The van der Waals surface area contributed by atoms with Crippen molar-refractivity contribution in [3.63, 3.8) is 0 Å². The monoisotopic (exact) mass is 367 g/mol. The lowest BCUT2D eigenvalue weighted by atomic mass is 10.2. The van der Waals surface area contributed by atoms with Crippen LogP contribution in [-0.4, -0.2) is 53.0 Å². The standard InChI is InChI=1S/C17H22FN3OS2/c1-12-19-14(11-24-12)7-17(22)20(2)9-15-6-13(18)8-21(15)10-16-4-3-5-23-16/h3-5,11,13,15H,6-10H2,1-2H3/t13-,15-/m0/s1. The van der Waals surface area contributed by atoms with Crippen LogP contribution in [-0.2, 0) is 17.8 Å². The predicted molar refractivity (Wildman–Crippen MR) is 96.2 cm³/mol. The number of likely N-dealkylation sites (N-methyl/N-ethyl adjacent to an activating group) is 1. The van der Waals surface area contributed by atoms with E-state index >= 15 is 0 Å². The third kappa shape index (κ3) is 4.40. The van der Waals surface area contributed by atoms with E-state index in [1.54, 1.807) is 34.6 Å². The quantitative estimate of drug-likeness (QED) is 0.787. The van der Waals surface area contributed by atoms with Crippen LogP contribution in [0.4, 0.5) is 4.39 Å². The molecular weight excluding hydrogens is 345 g/mol. The highest BCUT2D eigenvalue weighted by Crippen LogP contribution is 2.25. The van der Waals surface area contributed by atoms with Crippen molar-refractivity contribution in [3.05, 3.63) is 38.5 Å². The molecule has 3 rings (SSSR count). The summed E-state index contributed by atoms with van der Waals surface area (Å²) >= 11 is 3.25. The molecule has 4 nitrogen and oxygen atoms in total. The molecule has 2 aromatic rings. The molecule has 0 aliphatic carbocycles. The van der Waals surface area contributed by atoms with Crippen LogP contribution in [0.25, 0.3) is 0 Å². The fourth-order valence-electron chi connectivity index (χ4n) is 3.11. The van der Waals surface area contributed by atoms with Gasteiger partial charge in [0.05, 0.1) is 17.1 Å². The summed E-state index contributed by atoms with van der Waals surface area (Å²) in [5.41, 5.74) is 0.819. The molecule has 0 aromatic carbocycles. The number of hydrogen-bond acceptors (Lipinski definition) is 5. The Morgan fingerprint density at radius 1 is 1.50 bits per heavy atom. The number of amides is 1. The van der Waals surface area contributed by atoms with Crippen LogP contribution in [0.5, 0.6) is 0 Å². The second kappa shape index (κ2) is 7.72. The molecule has 3 heterocycles. The molecule has 0 spiro atoms. The van der Waals surface area contributed by atoms with Gasteiger partial charge in [-0.05, 0) is 24.8 Å². The van der Waals surface area contributed by atoms with Crippen molar-refractivity contribution >= 4 is 28.6 Å². The number of hydrogen-bond donors (Lipinski definition) is 0. The largest absolute Gasteiger partial charge is 0.344 e. The first-order valence-corrected chi connectivity index (χ1v) is 9.82. The highest BCUT2D eigenvalue weighted by molar-refractivity contribution is 7.10. The van der Waals surface area contributed by atoms with Crippen LogP contribution >= 0.6 is 22.7 Å². The first-order chi connectivity index (χ1) is 11.5. The summed E-state index contributed by atoms with van der Waals surface area (Å²) in [5.74, 6) is 0.0404. The summed E-state index contributed by atoms with van der Waals surface area (Å²) < 4.78 is 13.9. The Kier molecular flexibility index (Phi) is 5.63. The Balaban J connectivity index is 1.57. The van der Waals surface area contributed by atoms with Crippen molar-refractivity contribution in [1.29, 1.82) is 0 Å². The highest BCUT2D eigenvalue weighted by atomic mass is 32.1. The molecule has 7 heteroatoms. The van der Waals surface area contributed by atoms with Crippen LogP contribution in [0, 0.1) is 6.92 Å². The molecule has 1 saturated heterocycles. The minimum atomic E-state index is -0.806. The van der Waals surface area contributed by atoms with Gasteiger partial charge in [0, 0.05) is 43.0 Å². The van der Waals surface area contributed by atoms with Gasteiger partial charge in [0.1, 0.15) is 6.17 Å². The van der Waals surface area contributed by atoms with E-state index < -0.39 is 6.17 Å². The fraction of sp³-hybridized carbons (Fsp3) is 0.529. The van der Waals surface area contributed by atoms with Crippen LogP contribution in [0.15, 0.2) is 22.9 Å². The maximum Gasteiger partial charge on any atom is 0.228 e. The van der Waals surface area contributed by atoms with E-state index in [0.717, 1.165) is 17.2 Å². The number of aryl methyl sites for hydroxylation is 1. The van der Waals surface area contributed by atoms with Crippen molar-refractivity contribution in [2.75, 3.05) is 20.1 Å². The normalized spacial score (nSPS) is 21.3. The number of likely N-dealkylation sites (tertiary alicyclic amines) is 1. The lowest BCUT2D eigenvalue weighted by Crippen LogP contribution is -2.41. The summed E-state index contributed by atoms with van der Waals surface area (Å²) in [6.07, 6.45) is 0.00994. The zero-order chi connectivity index (χ0) is 17.1. The van der Waals surface area contributed by atoms with E-state index in [9.17, 15) is 9.18 Å². The van der Waals surface area contributed by atoms with Crippen LogP contribution in [0.2, 0.25) is 0 Å². The third-order valence-electron chi connectivity index (χ3n) is 4.33. The van der Waals surface area contributed by atoms with Gasteiger partial charge in [0.25, 0.3) is 0 Å². The van der Waals surface area contributed by atoms with E-state index in [1.807, 2.05) is 23.8 Å². The second-order valence-electron chi connectivity index (χ2n) is 6.30. The number of carbonyl (C=O) groups excluding carboxylic acids is 1. The van der Waals surface area contributed by atoms with E-state index in [-0.39, 0.29) is 11.9 Å². The summed E-state index contributed by atoms with van der Waals surface area (Å²) in [6, 6.07) is 4.17. The number of thiophene rings is 1. The molecule has 1 aliphatic rings. The van der Waals surface area contributed by atoms with Crippen molar-refractivity contribution in [3.8, 4) is 0 Å². The second-order valence-corrected chi connectivity index (χ2v) is 8.40. The molecule has 0 saturated carbocycles. The van der Waals surface area contributed by atoms with Gasteiger partial charge in [-0.15, -0.1) is 22.7 Å². The average Bonchev–Trinajstić information content (AvgIpc) is 3.24. The first kappa shape index (κ1) is 17.5. The fourth-order valence-corrected chi connectivity index (χ4v) is 4.45.